The van der Waals surface area contributed by atoms with Crippen molar-refractivity contribution in [1.29, 1.82) is 5.26 Å². The average Bonchev–Trinajstić information content (AvgIpc) is 2.49. The molecule has 1 aliphatic heterocycles. The number of nitrogens with one attached hydrogen (secondary N) is 1. The van der Waals surface area contributed by atoms with Crippen molar-refractivity contribution in [3.8, 4) is 6.07 Å². The Morgan fingerprint density at radius 1 is 1.28 bits per heavy atom. The van der Waals surface area contributed by atoms with Crippen LogP contribution >= 0.6 is 0 Å². The van der Waals surface area contributed by atoms with E-state index < -0.39 is 0 Å². The number of rotatable bonds is 2. The Morgan fingerprint density at radius 2 is 1.83 bits per heavy atom. The summed E-state index contributed by atoms with van der Waals surface area (Å²) in [7, 11) is 0. The number of nitrogens with zero attached hydrogens (tertiary/aromatic N) is 1. The molecule has 0 bridgehead atoms. The van der Waals surface area contributed by atoms with E-state index in [0.717, 1.165) is 38.9 Å². The van der Waals surface area contributed by atoms with E-state index >= 15 is 0 Å². The maximum Gasteiger partial charge on any atom is 0.0846 e. The zero-order valence-corrected chi connectivity index (χ0v) is 11.2. The van der Waals surface area contributed by atoms with Gasteiger partial charge in [-0.15, -0.1) is 0 Å². The Hall–Kier alpha value is -1.37. The molecule has 3 nitrogen and oxygen atoms in total. The predicted molar refractivity (Wildman–Crippen MR) is 75.2 cm³/mol. The summed E-state index contributed by atoms with van der Waals surface area (Å²) in [5.41, 5.74) is 5.95. The molecular weight excluding hydrogens is 222 g/mol. The van der Waals surface area contributed by atoms with Crippen LogP contribution in [0.15, 0.2) is 30.3 Å². The van der Waals surface area contributed by atoms with E-state index in [0.29, 0.717) is 0 Å². The van der Waals surface area contributed by atoms with Gasteiger partial charge in [-0.05, 0) is 44.5 Å². The van der Waals surface area contributed by atoms with Gasteiger partial charge < -0.3 is 11.1 Å². The normalized spacial score (nSPS) is 17.2. The van der Waals surface area contributed by atoms with Crippen LogP contribution in [0.1, 0.15) is 31.7 Å². The van der Waals surface area contributed by atoms with E-state index in [1.807, 2.05) is 18.2 Å². The summed E-state index contributed by atoms with van der Waals surface area (Å²) in [5.74, 6) is 0. The van der Waals surface area contributed by atoms with Crippen LogP contribution in [-0.4, -0.2) is 19.6 Å². The van der Waals surface area contributed by atoms with Crippen molar-refractivity contribution in [3.63, 3.8) is 0 Å². The van der Waals surface area contributed by atoms with Crippen LogP contribution in [0.3, 0.4) is 0 Å². The molecule has 1 aromatic carbocycles. The molecule has 0 amide bonds. The second kappa shape index (κ2) is 7.86. The van der Waals surface area contributed by atoms with E-state index in [4.69, 9.17) is 5.73 Å². The third-order valence-corrected chi connectivity index (χ3v) is 3.29. The summed E-state index contributed by atoms with van der Waals surface area (Å²) in [5, 5.41) is 12.6. The fraction of sp³-hybridized carbons (Fsp3) is 0.533. The minimum atomic E-state index is -0.244. The highest BCUT2D eigenvalue weighted by atomic mass is 14.9. The largest absolute Gasteiger partial charge is 0.330 e. The maximum atomic E-state index is 9.32. The zero-order chi connectivity index (χ0) is 13.3. The summed E-state index contributed by atoms with van der Waals surface area (Å²) in [4.78, 5) is 0. The van der Waals surface area contributed by atoms with E-state index in [1.165, 1.54) is 5.56 Å². The molecule has 0 spiro atoms. The molecule has 0 atom stereocenters. The first-order chi connectivity index (χ1) is 8.79. The van der Waals surface area contributed by atoms with Gasteiger partial charge >= 0.3 is 0 Å². The fourth-order valence-electron chi connectivity index (χ4n) is 2.08. The Morgan fingerprint density at radius 3 is 2.28 bits per heavy atom. The quantitative estimate of drug-likeness (QED) is 0.839. The van der Waals surface area contributed by atoms with Crippen molar-refractivity contribution in [1.82, 2.24) is 5.32 Å². The lowest BCUT2D eigenvalue weighted by Gasteiger charge is -2.31. The molecule has 0 radical (unpaired) electrons. The third-order valence-electron chi connectivity index (χ3n) is 3.29. The molecule has 3 N–H and O–H groups in total. The van der Waals surface area contributed by atoms with Crippen molar-refractivity contribution in [3.05, 3.63) is 35.9 Å². The van der Waals surface area contributed by atoms with Gasteiger partial charge in [0.1, 0.15) is 0 Å². The van der Waals surface area contributed by atoms with Crippen LogP contribution in [-0.2, 0) is 5.41 Å². The molecule has 1 aromatic rings. The fourth-order valence-corrected chi connectivity index (χ4v) is 2.08. The van der Waals surface area contributed by atoms with Gasteiger partial charge in [-0.3, -0.25) is 0 Å². The summed E-state index contributed by atoms with van der Waals surface area (Å²) in [6.45, 7) is 4.77. The van der Waals surface area contributed by atoms with Gasteiger partial charge in [-0.2, -0.15) is 5.26 Å². The van der Waals surface area contributed by atoms with Crippen LogP contribution in [0.2, 0.25) is 0 Å². The minimum Gasteiger partial charge on any atom is -0.330 e. The number of nitriles is 1. The second-order valence-corrected chi connectivity index (χ2v) is 4.60. The van der Waals surface area contributed by atoms with Crippen LogP contribution < -0.4 is 11.1 Å². The number of nitrogens with two attached hydrogens (primary N) is 1. The van der Waals surface area contributed by atoms with Crippen molar-refractivity contribution in [2.45, 2.75) is 31.6 Å². The molecule has 0 unspecified atom stereocenters. The number of hydrogen-bond acceptors (Lipinski definition) is 3. The molecule has 18 heavy (non-hydrogen) atoms. The van der Waals surface area contributed by atoms with Crippen molar-refractivity contribution in [2.75, 3.05) is 19.6 Å². The lowest BCUT2D eigenvalue weighted by Crippen LogP contribution is -2.38. The van der Waals surface area contributed by atoms with E-state index in [2.05, 4.69) is 30.4 Å². The maximum absolute atomic E-state index is 9.32. The lowest BCUT2D eigenvalue weighted by atomic mass is 9.74. The predicted octanol–water partition coefficient (Wildman–Crippen LogP) is 2.19. The van der Waals surface area contributed by atoms with E-state index in [1.54, 1.807) is 0 Å². The first kappa shape index (κ1) is 14.7. The highest BCUT2D eigenvalue weighted by Gasteiger charge is 2.33. The molecule has 1 aliphatic rings. The summed E-state index contributed by atoms with van der Waals surface area (Å²) < 4.78 is 0. The first-order valence-electron chi connectivity index (χ1n) is 6.66. The van der Waals surface area contributed by atoms with Crippen LogP contribution in [0.25, 0.3) is 0 Å². The van der Waals surface area contributed by atoms with E-state index in [-0.39, 0.29) is 5.41 Å². The second-order valence-electron chi connectivity index (χ2n) is 4.60. The molecular formula is C15H23N3. The van der Waals surface area contributed by atoms with Gasteiger partial charge in [-0.25, -0.2) is 0 Å². The van der Waals surface area contributed by atoms with Crippen molar-refractivity contribution in [2.24, 2.45) is 5.73 Å². The summed E-state index contributed by atoms with van der Waals surface area (Å²) >= 11 is 0. The summed E-state index contributed by atoms with van der Waals surface area (Å²) in [6, 6.07) is 12.6. The molecule has 1 heterocycles. The molecule has 0 saturated carbocycles. The number of piperidine rings is 1. The number of benzene rings is 1. The zero-order valence-electron chi connectivity index (χ0n) is 11.2. The lowest BCUT2D eigenvalue weighted by molar-refractivity contribution is 0.382. The SMILES string of the molecule is CCCN.N#CC1(c2ccccc2)CCNCC1. The molecule has 0 aliphatic carbocycles. The van der Waals surface area contributed by atoms with Gasteiger partial charge in [0, 0.05) is 0 Å². The molecule has 3 heteroatoms. The van der Waals surface area contributed by atoms with Gasteiger partial charge in [0.25, 0.3) is 0 Å². The molecule has 2 rings (SSSR count). The van der Waals surface area contributed by atoms with Gasteiger partial charge in [0.15, 0.2) is 0 Å². The van der Waals surface area contributed by atoms with Crippen LogP contribution in [0, 0.1) is 11.3 Å². The Labute approximate surface area is 110 Å². The van der Waals surface area contributed by atoms with E-state index in [9.17, 15) is 5.26 Å². The smallest absolute Gasteiger partial charge is 0.0846 e. The highest BCUT2D eigenvalue weighted by Crippen LogP contribution is 2.32. The Kier molecular flexibility index (Phi) is 6.42. The molecule has 0 aromatic heterocycles. The highest BCUT2D eigenvalue weighted by molar-refractivity contribution is 5.32. The van der Waals surface area contributed by atoms with Crippen LogP contribution in [0.4, 0.5) is 0 Å². The third kappa shape index (κ3) is 3.83. The average molecular weight is 245 g/mol. The van der Waals surface area contributed by atoms with Gasteiger partial charge in [-0.1, -0.05) is 37.3 Å². The standard InChI is InChI=1S/C12H14N2.C3H9N/c13-10-12(6-8-14-9-7-12)11-4-2-1-3-5-11;1-2-3-4/h1-5,14H,6-9H2;2-4H2,1H3. The topological polar surface area (TPSA) is 61.8 Å². The Balaban J connectivity index is 0.000000357. The van der Waals surface area contributed by atoms with Gasteiger partial charge in [0.05, 0.1) is 11.5 Å². The van der Waals surface area contributed by atoms with Gasteiger partial charge in [0.2, 0.25) is 0 Å². The number of hydrogen-bond donors (Lipinski definition) is 2. The van der Waals surface area contributed by atoms with Crippen molar-refractivity contribution >= 4 is 0 Å². The molecule has 98 valence electrons. The monoisotopic (exact) mass is 245 g/mol. The first-order valence-corrected chi connectivity index (χ1v) is 6.66. The summed E-state index contributed by atoms with van der Waals surface area (Å²) in [6.07, 6.45) is 2.95. The molecule has 1 saturated heterocycles. The van der Waals surface area contributed by atoms with Crippen molar-refractivity contribution < 1.29 is 0 Å². The Bertz CT molecular complexity index is 359. The van der Waals surface area contributed by atoms with Crippen LogP contribution in [0.5, 0.6) is 0 Å². The minimum absolute atomic E-state index is 0.244. The molecule has 1 fully saturated rings.